The fraction of sp³-hybridized carbons (Fsp3) is 0.200. The molecule has 2 heterocycles. The van der Waals surface area contributed by atoms with Gasteiger partial charge in [0.15, 0.2) is 5.76 Å². The number of rotatable bonds is 8. The Labute approximate surface area is 215 Å². The lowest BCUT2D eigenvalue weighted by Crippen LogP contribution is -2.32. The zero-order valence-corrected chi connectivity index (χ0v) is 20.2. The normalized spacial score (nSPS) is 17.0. The number of hydrogen-bond acceptors (Lipinski definition) is 5. The van der Waals surface area contributed by atoms with Crippen molar-refractivity contribution in [3.8, 4) is 12.3 Å². The molecule has 0 aliphatic carbocycles. The van der Waals surface area contributed by atoms with Crippen LogP contribution in [-0.2, 0) is 34.0 Å². The number of para-hydroxylation sites is 2. The van der Waals surface area contributed by atoms with E-state index in [1.807, 2.05) is 78.9 Å². The largest absolute Gasteiger partial charge is 0.459 e. The summed E-state index contributed by atoms with van der Waals surface area (Å²) in [6.07, 6.45) is 7.26. The van der Waals surface area contributed by atoms with Gasteiger partial charge in [0.1, 0.15) is 5.82 Å². The van der Waals surface area contributed by atoms with Crippen molar-refractivity contribution in [2.24, 2.45) is 0 Å². The summed E-state index contributed by atoms with van der Waals surface area (Å²) < 4.78 is 12.0. The quantitative estimate of drug-likeness (QED) is 0.319. The molecule has 1 aliphatic rings. The van der Waals surface area contributed by atoms with E-state index in [1.165, 1.54) is 0 Å². The SMILES string of the molecule is C#Cc1ccc([C@@H]2C=C(C(=O)NCc3nc4ccccc4[nH]3)O[C@H](OCc3ccc(CO)cc3)C2)cc1. The van der Waals surface area contributed by atoms with E-state index in [0.717, 1.165) is 33.3 Å². The lowest BCUT2D eigenvalue weighted by Gasteiger charge is -2.29. The second-order valence-electron chi connectivity index (χ2n) is 8.86. The number of carbonyl (C=O) groups is 1. The zero-order valence-electron chi connectivity index (χ0n) is 20.2. The first-order valence-corrected chi connectivity index (χ1v) is 12.1. The minimum atomic E-state index is -0.619. The van der Waals surface area contributed by atoms with Crippen LogP contribution in [0.5, 0.6) is 0 Å². The summed E-state index contributed by atoms with van der Waals surface area (Å²) >= 11 is 0. The number of hydrogen-bond donors (Lipinski definition) is 3. The van der Waals surface area contributed by atoms with Crippen molar-refractivity contribution in [2.45, 2.75) is 38.4 Å². The van der Waals surface area contributed by atoms with Gasteiger partial charge in [0.05, 0.1) is 30.8 Å². The number of amides is 1. The van der Waals surface area contributed by atoms with Gasteiger partial charge in [-0.15, -0.1) is 6.42 Å². The fourth-order valence-electron chi connectivity index (χ4n) is 4.25. The van der Waals surface area contributed by atoms with E-state index in [0.29, 0.717) is 18.9 Å². The highest BCUT2D eigenvalue weighted by molar-refractivity contribution is 5.91. The Balaban J connectivity index is 1.30. The number of aromatic amines is 1. The van der Waals surface area contributed by atoms with E-state index in [4.69, 9.17) is 15.9 Å². The third-order valence-corrected chi connectivity index (χ3v) is 6.28. The van der Waals surface area contributed by atoms with Gasteiger partial charge in [0.2, 0.25) is 6.29 Å². The average molecular weight is 494 g/mol. The van der Waals surface area contributed by atoms with Crippen molar-refractivity contribution in [1.29, 1.82) is 0 Å². The van der Waals surface area contributed by atoms with Gasteiger partial charge in [-0.3, -0.25) is 4.79 Å². The number of benzene rings is 3. The fourth-order valence-corrected chi connectivity index (χ4v) is 4.25. The number of terminal acetylenes is 1. The summed E-state index contributed by atoms with van der Waals surface area (Å²) in [5, 5.41) is 12.2. The van der Waals surface area contributed by atoms with E-state index >= 15 is 0 Å². The zero-order chi connectivity index (χ0) is 25.6. The van der Waals surface area contributed by atoms with E-state index in [2.05, 4.69) is 21.2 Å². The summed E-state index contributed by atoms with van der Waals surface area (Å²) in [7, 11) is 0. The molecule has 0 saturated carbocycles. The molecule has 0 saturated heterocycles. The first-order valence-electron chi connectivity index (χ1n) is 12.1. The van der Waals surface area contributed by atoms with Gasteiger partial charge in [-0.2, -0.15) is 0 Å². The number of nitrogens with zero attached hydrogens (tertiary/aromatic N) is 1. The van der Waals surface area contributed by atoms with Crippen LogP contribution in [0.4, 0.5) is 0 Å². The first kappa shape index (κ1) is 24.3. The standard InChI is InChI=1S/C30H27N3O4/c1-2-20-11-13-23(14-12-20)24-15-27(30(35)31-17-28-32-25-5-3-4-6-26(25)33-28)37-29(16-24)36-19-22-9-7-21(18-34)8-10-22/h1,3-15,24,29,34H,16-19H2,(H,31,35)(H,32,33)/t24-,29+/m1/s1. The summed E-state index contributed by atoms with van der Waals surface area (Å²) in [5.74, 6) is 3.06. The minimum Gasteiger partial charge on any atom is -0.459 e. The molecule has 186 valence electrons. The van der Waals surface area contributed by atoms with Crippen molar-refractivity contribution in [3.05, 3.63) is 113 Å². The molecule has 7 heteroatoms. The van der Waals surface area contributed by atoms with Crippen molar-refractivity contribution < 1.29 is 19.4 Å². The minimum absolute atomic E-state index is 0.00961. The molecule has 1 aromatic heterocycles. The van der Waals surface area contributed by atoms with E-state index < -0.39 is 6.29 Å². The lowest BCUT2D eigenvalue weighted by molar-refractivity contribution is -0.150. The molecule has 2 atom stereocenters. The number of H-pyrrole nitrogens is 1. The van der Waals surface area contributed by atoms with Crippen molar-refractivity contribution >= 4 is 16.9 Å². The molecule has 3 N–H and O–H groups in total. The number of allylic oxidation sites excluding steroid dienone is 1. The Hall–Kier alpha value is -4.38. The van der Waals surface area contributed by atoms with Crippen LogP contribution in [0, 0.1) is 12.3 Å². The maximum absolute atomic E-state index is 13.1. The molecule has 0 bridgehead atoms. The van der Waals surface area contributed by atoms with Gasteiger partial charge >= 0.3 is 0 Å². The van der Waals surface area contributed by atoms with Crippen LogP contribution < -0.4 is 5.32 Å². The van der Waals surface area contributed by atoms with E-state index in [-0.39, 0.29) is 30.7 Å². The maximum Gasteiger partial charge on any atom is 0.286 e. The highest BCUT2D eigenvalue weighted by Gasteiger charge is 2.29. The Morgan fingerprint density at radius 1 is 1.11 bits per heavy atom. The molecule has 37 heavy (non-hydrogen) atoms. The lowest BCUT2D eigenvalue weighted by atomic mass is 9.92. The van der Waals surface area contributed by atoms with Gasteiger partial charge in [-0.05, 0) is 47.0 Å². The summed E-state index contributed by atoms with van der Waals surface area (Å²) in [5.41, 5.74) is 5.35. The van der Waals surface area contributed by atoms with E-state index in [1.54, 1.807) is 0 Å². The molecule has 0 spiro atoms. The molecule has 0 unspecified atom stereocenters. The predicted molar refractivity (Wildman–Crippen MR) is 140 cm³/mol. The van der Waals surface area contributed by atoms with Crippen LogP contribution in [0.1, 0.15) is 40.4 Å². The first-order chi connectivity index (χ1) is 18.1. The average Bonchev–Trinajstić information content (AvgIpc) is 3.38. The molecule has 4 aromatic rings. The third-order valence-electron chi connectivity index (χ3n) is 6.28. The highest BCUT2D eigenvalue weighted by Crippen LogP contribution is 2.32. The Kier molecular flexibility index (Phi) is 7.31. The molecule has 1 amide bonds. The van der Waals surface area contributed by atoms with Gasteiger partial charge in [-0.25, -0.2) is 4.98 Å². The molecular weight excluding hydrogens is 466 g/mol. The highest BCUT2D eigenvalue weighted by atomic mass is 16.7. The number of carbonyl (C=O) groups excluding carboxylic acids is 1. The number of aliphatic hydroxyl groups is 1. The maximum atomic E-state index is 13.1. The van der Waals surface area contributed by atoms with Crippen LogP contribution in [0.2, 0.25) is 0 Å². The molecule has 0 fully saturated rings. The topological polar surface area (TPSA) is 96.5 Å². The molecule has 7 nitrogen and oxygen atoms in total. The number of nitrogens with one attached hydrogen (secondary N) is 2. The second-order valence-corrected chi connectivity index (χ2v) is 8.86. The molecule has 5 rings (SSSR count). The van der Waals surface area contributed by atoms with Crippen molar-refractivity contribution in [2.75, 3.05) is 0 Å². The number of imidazole rings is 1. The van der Waals surface area contributed by atoms with Gasteiger partial charge in [0, 0.05) is 17.9 Å². The summed E-state index contributed by atoms with van der Waals surface area (Å²) in [6.45, 7) is 0.538. The predicted octanol–water partition coefficient (Wildman–Crippen LogP) is 4.28. The van der Waals surface area contributed by atoms with Gasteiger partial charge in [-0.1, -0.05) is 54.5 Å². The Bertz CT molecular complexity index is 1420. The van der Waals surface area contributed by atoms with Gasteiger partial charge < -0.3 is 24.9 Å². The van der Waals surface area contributed by atoms with Crippen LogP contribution in [0.3, 0.4) is 0 Å². The molecule has 0 radical (unpaired) electrons. The van der Waals surface area contributed by atoms with Gasteiger partial charge in [0.25, 0.3) is 5.91 Å². The third kappa shape index (κ3) is 5.89. The molecule has 1 aliphatic heterocycles. The number of aromatic nitrogens is 2. The van der Waals surface area contributed by atoms with Crippen LogP contribution >= 0.6 is 0 Å². The number of aliphatic hydroxyl groups excluding tert-OH is 1. The Morgan fingerprint density at radius 2 is 1.86 bits per heavy atom. The second kappa shape index (κ2) is 11.1. The van der Waals surface area contributed by atoms with Crippen LogP contribution in [0.25, 0.3) is 11.0 Å². The number of fused-ring (bicyclic) bond motifs is 1. The monoisotopic (exact) mass is 493 g/mol. The number of ether oxygens (including phenoxy) is 2. The molecular formula is C30H27N3O4. The smallest absolute Gasteiger partial charge is 0.286 e. The summed E-state index contributed by atoms with van der Waals surface area (Å²) in [6, 6.07) is 22.9. The van der Waals surface area contributed by atoms with Crippen LogP contribution in [0.15, 0.2) is 84.6 Å². The van der Waals surface area contributed by atoms with E-state index in [9.17, 15) is 9.90 Å². The van der Waals surface area contributed by atoms with Crippen LogP contribution in [-0.4, -0.2) is 27.3 Å². The summed E-state index contributed by atoms with van der Waals surface area (Å²) in [4.78, 5) is 20.8. The van der Waals surface area contributed by atoms with Crippen molar-refractivity contribution in [1.82, 2.24) is 15.3 Å². The molecule has 3 aromatic carbocycles. The Morgan fingerprint density at radius 3 is 2.59 bits per heavy atom. The van der Waals surface area contributed by atoms with Crippen molar-refractivity contribution in [3.63, 3.8) is 0 Å².